The van der Waals surface area contributed by atoms with Crippen LogP contribution in [0.5, 0.6) is 6.01 Å². The second-order valence-corrected chi connectivity index (χ2v) is 4.53. The molecule has 6 nitrogen and oxygen atoms in total. The van der Waals surface area contributed by atoms with Crippen molar-refractivity contribution in [3.8, 4) is 6.01 Å². The minimum Gasteiger partial charge on any atom is -0.467 e. The van der Waals surface area contributed by atoms with Crippen LogP contribution < -0.4 is 15.0 Å². The highest BCUT2D eigenvalue weighted by atomic mass is 16.5. The predicted octanol–water partition coefficient (Wildman–Crippen LogP) is 2.18. The van der Waals surface area contributed by atoms with Crippen LogP contribution in [0.15, 0.2) is 0 Å². The fourth-order valence-corrected chi connectivity index (χ4v) is 1.67. The first-order chi connectivity index (χ1) is 9.14. The van der Waals surface area contributed by atoms with Crippen molar-refractivity contribution in [2.24, 2.45) is 5.92 Å². The zero-order valence-electron chi connectivity index (χ0n) is 12.6. The number of aromatic nitrogens is 3. The molecule has 0 amide bonds. The summed E-state index contributed by atoms with van der Waals surface area (Å²) in [5, 5.41) is 3.10. The molecule has 0 bridgehead atoms. The Kier molecular flexibility index (Phi) is 6.32. The van der Waals surface area contributed by atoms with E-state index in [0.29, 0.717) is 23.8 Å². The molecule has 0 saturated heterocycles. The van der Waals surface area contributed by atoms with Crippen LogP contribution in [0.3, 0.4) is 0 Å². The van der Waals surface area contributed by atoms with Gasteiger partial charge >= 0.3 is 6.01 Å². The van der Waals surface area contributed by atoms with Crippen molar-refractivity contribution in [3.05, 3.63) is 0 Å². The normalized spacial score (nSPS) is 12.1. The number of anilines is 2. The second-order valence-electron chi connectivity index (χ2n) is 4.53. The van der Waals surface area contributed by atoms with Gasteiger partial charge < -0.3 is 15.0 Å². The molecule has 6 heteroatoms. The fraction of sp³-hybridized carbons (Fsp3) is 0.769. The van der Waals surface area contributed by atoms with E-state index in [4.69, 9.17) is 4.74 Å². The largest absolute Gasteiger partial charge is 0.467 e. The molecule has 1 rings (SSSR count). The lowest BCUT2D eigenvalue weighted by Gasteiger charge is -2.24. The summed E-state index contributed by atoms with van der Waals surface area (Å²) in [5.74, 6) is 1.84. The van der Waals surface area contributed by atoms with Gasteiger partial charge in [0.1, 0.15) is 0 Å². The van der Waals surface area contributed by atoms with Crippen LogP contribution >= 0.6 is 0 Å². The molecular formula is C13H25N5O. The smallest absolute Gasteiger partial charge is 0.322 e. The molecule has 1 N–H and O–H groups in total. The van der Waals surface area contributed by atoms with Gasteiger partial charge in [-0.3, -0.25) is 0 Å². The standard InChI is InChI=1S/C13H25N5O/c1-6-10(4)9-18(8-3)12-15-11(14-7-2)16-13(17-12)19-5/h10H,6-9H2,1-5H3,(H,14,15,16,17). The summed E-state index contributed by atoms with van der Waals surface area (Å²) < 4.78 is 5.14. The Morgan fingerprint density at radius 3 is 2.47 bits per heavy atom. The molecule has 0 aliphatic rings. The summed E-state index contributed by atoms with van der Waals surface area (Å²) in [6, 6.07) is 0.351. The number of hydrogen-bond acceptors (Lipinski definition) is 6. The summed E-state index contributed by atoms with van der Waals surface area (Å²) in [4.78, 5) is 15.1. The highest BCUT2D eigenvalue weighted by Crippen LogP contribution is 2.16. The van der Waals surface area contributed by atoms with Gasteiger partial charge in [0.2, 0.25) is 11.9 Å². The molecule has 0 aromatic carbocycles. The SMILES string of the molecule is CCNc1nc(OC)nc(N(CC)CC(C)CC)n1. The Balaban J connectivity index is 2.97. The average molecular weight is 267 g/mol. The number of methoxy groups -OCH3 is 1. The summed E-state index contributed by atoms with van der Waals surface area (Å²) >= 11 is 0. The van der Waals surface area contributed by atoms with Crippen molar-refractivity contribution < 1.29 is 4.74 Å². The van der Waals surface area contributed by atoms with Crippen LogP contribution in [0.1, 0.15) is 34.1 Å². The lowest BCUT2D eigenvalue weighted by Crippen LogP contribution is -2.30. The summed E-state index contributed by atoms with van der Waals surface area (Å²) in [6.45, 7) is 11.1. The van der Waals surface area contributed by atoms with Crippen molar-refractivity contribution in [3.63, 3.8) is 0 Å². The molecule has 1 aromatic rings. The lowest BCUT2D eigenvalue weighted by atomic mass is 10.1. The highest BCUT2D eigenvalue weighted by molar-refractivity contribution is 5.38. The first-order valence-electron chi connectivity index (χ1n) is 6.93. The van der Waals surface area contributed by atoms with Crippen LogP contribution in [-0.2, 0) is 0 Å². The molecule has 0 fully saturated rings. The van der Waals surface area contributed by atoms with E-state index < -0.39 is 0 Å². The maximum Gasteiger partial charge on any atom is 0.322 e. The van der Waals surface area contributed by atoms with Crippen molar-refractivity contribution in [2.45, 2.75) is 34.1 Å². The van der Waals surface area contributed by atoms with E-state index in [0.717, 1.165) is 26.1 Å². The summed E-state index contributed by atoms with van der Waals surface area (Å²) in [5.41, 5.74) is 0. The van der Waals surface area contributed by atoms with Gasteiger partial charge in [0.25, 0.3) is 0 Å². The van der Waals surface area contributed by atoms with Crippen molar-refractivity contribution >= 4 is 11.9 Å². The molecule has 1 atom stereocenters. The van der Waals surface area contributed by atoms with Gasteiger partial charge in [-0.1, -0.05) is 20.3 Å². The third-order valence-electron chi connectivity index (χ3n) is 3.01. The Labute approximate surface area is 115 Å². The molecule has 0 spiro atoms. The Morgan fingerprint density at radius 2 is 1.95 bits per heavy atom. The van der Waals surface area contributed by atoms with E-state index in [1.165, 1.54) is 0 Å². The minimum absolute atomic E-state index is 0.351. The molecule has 1 heterocycles. The molecule has 0 radical (unpaired) electrons. The van der Waals surface area contributed by atoms with Gasteiger partial charge in [0.15, 0.2) is 0 Å². The number of nitrogens with one attached hydrogen (secondary N) is 1. The van der Waals surface area contributed by atoms with Crippen LogP contribution in [0.2, 0.25) is 0 Å². The Bertz CT molecular complexity index is 385. The van der Waals surface area contributed by atoms with E-state index in [1.54, 1.807) is 7.11 Å². The highest BCUT2D eigenvalue weighted by Gasteiger charge is 2.14. The first-order valence-corrected chi connectivity index (χ1v) is 6.93. The molecular weight excluding hydrogens is 242 g/mol. The van der Waals surface area contributed by atoms with Crippen molar-refractivity contribution in [1.82, 2.24) is 15.0 Å². The number of rotatable bonds is 8. The van der Waals surface area contributed by atoms with Crippen molar-refractivity contribution in [2.75, 3.05) is 37.0 Å². The van der Waals surface area contributed by atoms with E-state index in [9.17, 15) is 0 Å². The molecule has 0 aliphatic heterocycles. The summed E-state index contributed by atoms with van der Waals surface area (Å²) in [7, 11) is 1.57. The van der Waals surface area contributed by atoms with Gasteiger partial charge in [0, 0.05) is 19.6 Å². The van der Waals surface area contributed by atoms with E-state index in [2.05, 4.69) is 45.9 Å². The van der Waals surface area contributed by atoms with E-state index >= 15 is 0 Å². The van der Waals surface area contributed by atoms with Crippen molar-refractivity contribution in [1.29, 1.82) is 0 Å². The monoisotopic (exact) mass is 267 g/mol. The molecule has 19 heavy (non-hydrogen) atoms. The number of ether oxygens (including phenoxy) is 1. The van der Waals surface area contributed by atoms with Gasteiger partial charge in [-0.2, -0.15) is 15.0 Å². The van der Waals surface area contributed by atoms with Gasteiger partial charge in [0.05, 0.1) is 7.11 Å². The predicted molar refractivity (Wildman–Crippen MR) is 77.9 cm³/mol. The van der Waals surface area contributed by atoms with Crippen LogP contribution in [0, 0.1) is 5.92 Å². The van der Waals surface area contributed by atoms with Gasteiger partial charge in [-0.15, -0.1) is 0 Å². The molecule has 1 aromatic heterocycles. The van der Waals surface area contributed by atoms with Gasteiger partial charge in [-0.05, 0) is 19.8 Å². The summed E-state index contributed by atoms with van der Waals surface area (Å²) in [6.07, 6.45) is 1.14. The maximum atomic E-state index is 5.14. The average Bonchev–Trinajstić information content (AvgIpc) is 2.44. The Morgan fingerprint density at radius 1 is 1.21 bits per heavy atom. The van der Waals surface area contributed by atoms with E-state index in [1.807, 2.05) is 6.92 Å². The quantitative estimate of drug-likeness (QED) is 0.779. The number of hydrogen-bond donors (Lipinski definition) is 1. The minimum atomic E-state index is 0.351. The Hall–Kier alpha value is -1.59. The lowest BCUT2D eigenvalue weighted by molar-refractivity contribution is 0.378. The molecule has 108 valence electrons. The molecule has 0 saturated carbocycles. The van der Waals surface area contributed by atoms with E-state index in [-0.39, 0.29) is 0 Å². The fourth-order valence-electron chi connectivity index (χ4n) is 1.67. The third kappa shape index (κ3) is 4.54. The van der Waals surface area contributed by atoms with Gasteiger partial charge in [-0.25, -0.2) is 0 Å². The van der Waals surface area contributed by atoms with Crippen LogP contribution in [-0.4, -0.2) is 41.7 Å². The first kappa shape index (κ1) is 15.5. The van der Waals surface area contributed by atoms with Crippen LogP contribution in [0.4, 0.5) is 11.9 Å². The zero-order chi connectivity index (χ0) is 14.3. The van der Waals surface area contributed by atoms with Crippen LogP contribution in [0.25, 0.3) is 0 Å². The third-order valence-corrected chi connectivity index (χ3v) is 3.01. The topological polar surface area (TPSA) is 63.2 Å². The zero-order valence-corrected chi connectivity index (χ0v) is 12.6. The second kappa shape index (κ2) is 7.76. The number of nitrogens with zero attached hydrogens (tertiary/aromatic N) is 4. The maximum absolute atomic E-state index is 5.14. The molecule has 0 aliphatic carbocycles. The molecule has 1 unspecified atom stereocenters.